The fraction of sp³-hybridized carbons (Fsp3) is 0.222. The third-order valence-electron chi connectivity index (χ3n) is 3.68. The number of aromatic nitrogens is 2. The normalized spacial score (nSPS) is 12.2. The number of nitrogens with one attached hydrogen (secondary N) is 1. The molecular formula is C18H18FN3O. The van der Waals surface area contributed by atoms with Crippen LogP contribution >= 0.6 is 0 Å². The van der Waals surface area contributed by atoms with Gasteiger partial charge in [-0.15, -0.1) is 0 Å². The second-order valence-corrected chi connectivity index (χ2v) is 5.65. The lowest BCUT2D eigenvalue weighted by Crippen LogP contribution is -2.06. The van der Waals surface area contributed by atoms with Gasteiger partial charge < -0.3 is 9.84 Å². The van der Waals surface area contributed by atoms with Crippen molar-refractivity contribution in [2.45, 2.75) is 26.8 Å². The SMILES string of the molecule is Cc1ccc(NC(C)c2nc(-c3ccc(C)c(F)c3)no2)cc1. The van der Waals surface area contributed by atoms with Gasteiger partial charge in [-0.3, -0.25) is 0 Å². The highest BCUT2D eigenvalue weighted by Gasteiger charge is 2.15. The first-order valence-corrected chi connectivity index (χ1v) is 7.46. The number of hydrogen-bond donors (Lipinski definition) is 1. The van der Waals surface area contributed by atoms with Crippen molar-refractivity contribution < 1.29 is 8.91 Å². The Hall–Kier alpha value is -2.69. The van der Waals surface area contributed by atoms with Gasteiger partial charge in [-0.2, -0.15) is 4.98 Å². The van der Waals surface area contributed by atoms with Crippen LogP contribution in [0, 0.1) is 19.7 Å². The molecule has 0 aliphatic carbocycles. The number of benzene rings is 2. The molecule has 0 aliphatic rings. The molecule has 5 heteroatoms. The van der Waals surface area contributed by atoms with Crippen molar-refractivity contribution in [3.05, 3.63) is 65.3 Å². The lowest BCUT2D eigenvalue weighted by molar-refractivity contribution is 0.368. The van der Waals surface area contributed by atoms with Crippen LogP contribution in [0.3, 0.4) is 0 Å². The van der Waals surface area contributed by atoms with E-state index in [1.807, 2.05) is 38.1 Å². The smallest absolute Gasteiger partial charge is 0.249 e. The van der Waals surface area contributed by atoms with Gasteiger partial charge in [-0.25, -0.2) is 4.39 Å². The summed E-state index contributed by atoms with van der Waals surface area (Å²) in [4.78, 5) is 4.36. The molecule has 1 atom stereocenters. The van der Waals surface area contributed by atoms with Crippen molar-refractivity contribution in [2.24, 2.45) is 0 Å². The molecule has 2 aromatic carbocycles. The maximum Gasteiger partial charge on any atom is 0.249 e. The molecule has 0 spiro atoms. The Balaban J connectivity index is 1.77. The van der Waals surface area contributed by atoms with Crippen molar-refractivity contribution in [3.63, 3.8) is 0 Å². The molecule has 1 N–H and O–H groups in total. The minimum atomic E-state index is -0.278. The predicted molar refractivity (Wildman–Crippen MR) is 87.6 cm³/mol. The fourth-order valence-corrected chi connectivity index (χ4v) is 2.22. The number of rotatable bonds is 4. The first-order chi connectivity index (χ1) is 11.0. The van der Waals surface area contributed by atoms with E-state index in [0.717, 1.165) is 5.69 Å². The summed E-state index contributed by atoms with van der Waals surface area (Å²) in [6, 6.07) is 12.8. The minimum absolute atomic E-state index is 0.144. The first kappa shape index (κ1) is 15.2. The molecule has 118 valence electrons. The molecule has 1 heterocycles. The lowest BCUT2D eigenvalue weighted by Gasteiger charge is -2.11. The van der Waals surface area contributed by atoms with Gasteiger partial charge in [-0.1, -0.05) is 35.0 Å². The van der Waals surface area contributed by atoms with Crippen LogP contribution in [0.1, 0.15) is 30.0 Å². The molecule has 0 aliphatic heterocycles. The zero-order valence-corrected chi connectivity index (χ0v) is 13.3. The number of aryl methyl sites for hydroxylation is 2. The fourth-order valence-electron chi connectivity index (χ4n) is 2.22. The van der Waals surface area contributed by atoms with Crippen LogP contribution in [0.5, 0.6) is 0 Å². The summed E-state index contributed by atoms with van der Waals surface area (Å²) < 4.78 is 19.0. The van der Waals surface area contributed by atoms with Crippen molar-refractivity contribution >= 4 is 5.69 Å². The van der Waals surface area contributed by atoms with Crippen LogP contribution in [0.25, 0.3) is 11.4 Å². The second kappa shape index (κ2) is 6.20. The molecule has 23 heavy (non-hydrogen) atoms. The summed E-state index contributed by atoms with van der Waals surface area (Å²) >= 11 is 0. The Kier molecular flexibility index (Phi) is 4.10. The van der Waals surface area contributed by atoms with E-state index in [0.29, 0.717) is 22.8 Å². The third kappa shape index (κ3) is 3.39. The second-order valence-electron chi connectivity index (χ2n) is 5.65. The Bertz CT molecular complexity index is 811. The van der Waals surface area contributed by atoms with Crippen molar-refractivity contribution in [3.8, 4) is 11.4 Å². The van der Waals surface area contributed by atoms with Gasteiger partial charge in [0.05, 0.1) is 0 Å². The maximum absolute atomic E-state index is 13.7. The number of nitrogens with zero attached hydrogens (tertiary/aromatic N) is 2. The topological polar surface area (TPSA) is 51.0 Å². The molecule has 0 radical (unpaired) electrons. The highest BCUT2D eigenvalue weighted by Crippen LogP contribution is 2.23. The number of anilines is 1. The van der Waals surface area contributed by atoms with Gasteiger partial charge in [0.1, 0.15) is 11.9 Å². The van der Waals surface area contributed by atoms with Crippen LogP contribution in [0.4, 0.5) is 10.1 Å². The highest BCUT2D eigenvalue weighted by atomic mass is 19.1. The summed E-state index contributed by atoms with van der Waals surface area (Å²) in [5.74, 6) is 0.567. The summed E-state index contributed by atoms with van der Waals surface area (Å²) in [7, 11) is 0. The van der Waals surface area contributed by atoms with Crippen molar-refractivity contribution in [2.75, 3.05) is 5.32 Å². The van der Waals surface area contributed by atoms with Gasteiger partial charge in [0.15, 0.2) is 0 Å². The lowest BCUT2D eigenvalue weighted by atomic mass is 10.1. The van der Waals surface area contributed by atoms with Crippen LogP contribution in [0.15, 0.2) is 47.0 Å². The maximum atomic E-state index is 13.7. The standard InChI is InChI=1S/C18H18FN3O/c1-11-4-8-15(9-5-11)20-13(3)18-21-17(22-23-18)14-7-6-12(2)16(19)10-14/h4-10,13,20H,1-3H3. The minimum Gasteiger partial charge on any atom is -0.374 e. The summed E-state index contributed by atoms with van der Waals surface area (Å²) in [6.07, 6.45) is 0. The zero-order valence-electron chi connectivity index (χ0n) is 13.3. The third-order valence-corrected chi connectivity index (χ3v) is 3.68. The van der Waals surface area contributed by atoms with E-state index in [9.17, 15) is 4.39 Å². The van der Waals surface area contributed by atoms with Gasteiger partial charge in [-0.05, 0) is 44.5 Å². The summed E-state index contributed by atoms with van der Waals surface area (Å²) in [5.41, 5.74) is 3.37. The Morgan fingerprint density at radius 3 is 2.52 bits per heavy atom. The van der Waals surface area contributed by atoms with Crippen LogP contribution < -0.4 is 5.32 Å². The molecule has 0 amide bonds. The summed E-state index contributed by atoms with van der Waals surface area (Å²) in [6.45, 7) is 5.69. The quantitative estimate of drug-likeness (QED) is 0.761. The first-order valence-electron chi connectivity index (χ1n) is 7.46. The molecule has 3 aromatic rings. The van der Waals surface area contributed by atoms with E-state index in [-0.39, 0.29) is 11.9 Å². The number of hydrogen-bond acceptors (Lipinski definition) is 4. The average Bonchev–Trinajstić information content (AvgIpc) is 3.02. The molecule has 3 rings (SSSR count). The molecule has 0 fully saturated rings. The molecule has 0 saturated heterocycles. The van der Waals surface area contributed by atoms with Gasteiger partial charge in [0.25, 0.3) is 0 Å². The van der Waals surface area contributed by atoms with Crippen molar-refractivity contribution in [1.29, 1.82) is 0 Å². The highest BCUT2D eigenvalue weighted by molar-refractivity contribution is 5.55. The largest absolute Gasteiger partial charge is 0.374 e. The molecule has 0 saturated carbocycles. The average molecular weight is 311 g/mol. The molecule has 4 nitrogen and oxygen atoms in total. The van der Waals surface area contributed by atoms with Crippen LogP contribution in [-0.2, 0) is 0 Å². The van der Waals surface area contributed by atoms with Crippen molar-refractivity contribution in [1.82, 2.24) is 10.1 Å². The van der Waals surface area contributed by atoms with E-state index >= 15 is 0 Å². The van der Waals surface area contributed by atoms with E-state index < -0.39 is 0 Å². The van der Waals surface area contributed by atoms with E-state index in [1.54, 1.807) is 19.1 Å². The van der Waals surface area contributed by atoms with Gasteiger partial charge in [0.2, 0.25) is 11.7 Å². The Morgan fingerprint density at radius 1 is 1.09 bits per heavy atom. The van der Waals surface area contributed by atoms with Gasteiger partial charge >= 0.3 is 0 Å². The van der Waals surface area contributed by atoms with E-state index in [4.69, 9.17) is 4.52 Å². The Morgan fingerprint density at radius 2 is 1.83 bits per heavy atom. The zero-order chi connectivity index (χ0) is 16.4. The summed E-state index contributed by atoms with van der Waals surface area (Å²) in [5, 5.41) is 7.24. The number of halogens is 1. The van der Waals surface area contributed by atoms with Crippen LogP contribution in [-0.4, -0.2) is 10.1 Å². The monoisotopic (exact) mass is 311 g/mol. The van der Waals surface area contributed by atoms with E-state index in [2.05, 4.69) is 15.5 Å². The molecule has 1 aromatic heterocycles. The molecule has 0 bridgehead atoms. The predicted octanol–water partition coefficient (Wildman–Crippen LogP) is 4.67. The molecular weight excluding hydrogens is 293 g/mol. The van der Waals surface area contributed by atoms with Crippen LogP contribution in [0.2, 0.25) is 0 Å². The Labute approximate surface area is 134 Å². The molecule has 1 unspecified atom stereocenters. The van der Waals surface area contributed by atoms with Gasteiger partial charge in [0, 0.05) is 11.3 Å². The van der Waals surface area contributed by atoms with E-state index in [1.165, 1.54) is 11.6 Å².